The summed E-state index contributed by atoms with van der Waals surface area (Å²) in [5, 5.41) is 3.69. The monoisotopic (exact) mass is 266 g/mol. The summed E-state index contributed by atoms with van der Waals surface area (Å²) in [5.41, 5.74) is 1.05. The molecule has 0 fully saturated rings. The standard InChI is InChI=1S/C13H15ClN2O2/c1-8(2)11-12(17)16-13(18-11)15-7-9-3-5-10(14)6-4-9/h3-6,8,11H,7H2,1-2H3,(H,15,16,17). The molecule has 2 rings (SSSR count). The first-order valence-corrected chi connectivity index (χ1v) is 6.21. The second-order valence-electron chi connectivity index (χ2n) is 4.52. The van der Waals surface area contributed by atoms with E-state index in [9.17, 15) is 4.79 Å². The maximum Gasteiger partial charge on any atom is 0.293 e. The highest BCUT2D eigenvalue weighted by Gasteiger charge is 2.31. The first kappa shape index (κ1) is 12.9. The molecule has 0 radical (unpaired) electrons. The molecule has 0 saturated carbocycles. The third-order valence-electron chi connectivity index (χ3n) is 2.66. The summed E-state index contributed by atoms with van der Waals surface area (Å²) < 4.78 is 5.44. The summed E-state index contributed by atoms with van der Waals surface area (Å²) in [5.74, 6) is -0.0975. The van der Waals surface area contributed by atoms with E-state index < -0.39 is 6.10 Å². The molecule has 0 spiro atoms. The SMILES string of the molecule is CC(C)C1OC(NCc2ccc(Cl)cc2)=NC1=O. The topological polar surface area (TPSA) is 50.7 Å². The highest BCUT2D eigenvalue weighted by molar-refractivity contribution is 6.30. The van der Waals surface area contributed by atoms with Gasteiger partial charge in [0.1, 0.15) is 0 Å². The number of rotatable bonds is 3. The Hall–Kier alpha value is -1.55. The first-order chi connectivity index (χ1) is 8.56. The third kappa shape index (κ3) is 3.01. The molecule has 0 aliphatic carbocycles. The van der Waals surface area contributed by atoms with Crippen molar-refractivity contribution in [2.45, 2.75) is 26.5 Å². The van der Waals surface area contributed by atoms with Gasteiger partial charge in [0.2, 0.25) is 0 Å². The number of carbonyl (C=O) groups excluding carboxylic acids is 1. The van der Waals surface area contributed by atoms with E-state index in [1.165, 1.54) is 0 Å². The van der Waals surface area contributed by atoms with Crippen molar-refractivity contribution >= 4 is 23.5 Å². The van der Waals surface area contributed by atoms with Gasteiger partial charge in [0.25, 0.3) is 11.9 Å². The highest BCUT2D eigenvalue weighted by atomic mass is 35.5. The second-order valence-corrected chi connectivity index (χ2v) is 4.95. The third-order valence-corrected chi connectivity index (χ3v) is 2.91. The molecule has 0 aromatic heterocycles. The number of benzene rings is 1. The Kier molecular flexibility index (Phi) is 3.87. The number of amides is 1. The zero-order valence-corrected chi connectivity index (χ0v) is 11.1. The van der Waals surface area contributed by atoms with Gasteiger partial charge in [-0.15, -0.1) is 0 Å². The number of amidine groups is 1. The van der Waals surface area contributed by atoms with Crippen molar-refractivity contribution in [3.8, 4) is 0 Å². The van der Waals surface area contributed by atoms with E-state index in [4.69, 9.17) is 16.3 Å². The van der Waals surface area contributed by atoms with Gasteiger partial charge in [-0.2, -0.15) is 4.99 Å². The van der Waals surface area contributed by atoms with Crippen molar-refractivity contribution < 1.29 is 9.53 Å². The van der Waals surface area contributed by atoms with Crippen LogP contribution in [-0.4, -0.2) is 18.0 Å². The first-order valence-electron chi connectivity index (χ1n) is 5.84. The van der Waals surface area contributed by atoms with Gasteiger partial charge in [0.05, 0.1) is 0 Å². The molecule has 5 heteroatoms. The second kappa shape index (κ2) is 5.40. The predicted octanol–water partition coefficient (Wildman–Crippen LogP) is 2.37. The molecule has 0 saturated heterocycles. The van der Waals surface area contributed by atoms with Crippen LogP contribution < -0.4 is 5.32 Å². The van der Waals surface area contributed by atoms with E-state index in [1.807, 2.05) is 38.1 Å². The zero-order valence-electron chi connectivity index (χ0n) is 10.3. The summed E-state index contributed by atoms with van der Waals surface area (Å²) >= 11 is 5.80. The van der Waals surface area contributed by atoms with Crippen LogP contribution in [-0.2, 0) is 16.1 Å². The summed E-state index contributed by atoms with van der Waals surface area (Å²) in [4.78, 5) is 15.4. The van der Waals surface area contributed by atoms with Crippen molar-refractivity contribution in [1.82, 2.24) is 5.32 Å². The van der Waals surface area contributed by atoms with E-state index in [0.717, 1.165) is 5.56 Å². The van der Waals surface area contributed by atoms with Crippen LogP contribution in [0.4, 0.5) is 0 Å². The van der Waals surface area contributed by atoms with E-state index in [2.05, 4.69) is 10.3 Å². The van der Waals surface area contributed by atoms with Gasteiger partial charge in [0.15, 0.2) is 6.10 Å². The molecule has 1 aliphatic rings. The number of nitrogens with zero attached hydrogens (tertiary/aromatic N) is 1. The molecule has 1 N–H and O–H groups in total. The van der Waals surface area contributed by atoms with Crippen molar-refractivity contribution in [2.24, 2.45) is 10.9 Å². The van der Waals surface area contributed by atoms with Crippen molar-refractivity contribution in [3.05, 3.63) is 34.9 Å². The number of aliphatic imine (C=N–C) groups is 1. The Morgan fingerprint density at radius 2 is 2.06 bits per heavy atom. The van der Waals surface area contributed by atoms with Crippen molar-refractivity contribution in [1.29, 1.82) is 0 Å². The minimum Gasteiger partial charge on any atom is -0.451 e. The molecule has 18 heavy (non-hydrogen) atoms. The number of ether oxygens (including phenoxy) is 1. The number of hydrogen-bond donors (Lipinski definition) is 1. The molecular weight excluding hydrogens is 252 g/mol. The van der Waals surface area contributed by atoms with Gasteiger partial charge in [-0.3, -0.25) is 4.79 Å². The highest BCUT2D eigenvalue weighted by Crippen LogP contribution is 2.15. The lowest BCUT2D eigenvalue weighted by Crippen LogP contribution is -2.28. The Bertz CT molecular complexity index is 468. The van der Waals surface area contributed by atoms with Gasteiger partial charge in [-0.1, -0.05) is 37.6 Å². The quantitative estimate of drug-likeness (QED) is 0.914. The molecule has 1 aromatic rings. The number of hydrogen-bond acceptors (Lipinski definition) is 3. The van der Waals surface area contributed by atoms with Crippen LogP contribution in [0.25, 0.3) is 0 Å². The minimum atomic E-state index is -0.460. The molecule has 1 aromatic carbocycles. The van der Waals surface area contributed by atoms with Gasteiger partial charge in [0, 0.05) is 11.6 Å². The van der Waals surface area contributed by atoms with Crippen LogP contribution in [0.1, 0.15) is 19.4 Å². The van der Waals surface area contributed by atoms with E-state index in [0.29, 0.717) is 17.6 Å². The van der Waals surface area contributed by atoms with Gasteiger partial charge < -0.3 is 10.1 Å². The van der Waals surface area contributed by atoms with Crippen molar-refractivity contribution in [2.75, 3.05) is 0 Å². The fourth-order valence-electron chi connectivity index (χ4n) is 1.64. The molecule has 0 bridgehead atoms. The number of carbonyl (C=O) groups is 1. The largest absolute Gasteiger partial charge is 0.451 e. The van der Waals surface area contributed by atoms with Gasteiger partial charge in [-0.25, -0.2) is 0 Å². The molecular formula is C13H15ClN2O2. The van der Waals surface area contributed by atoms with Gasteiger partial charge >= 0.3 is 0 Å². The smallest absolute Gasteiger partial charge is 0.293 e. The lowest BCUT2D eigenvalue weighted by atomic mass is 10.1. The summed E-state index contributed by atoms with van der Waals surface area (Å²) in [6.07, 6.45) is -0.460. The minimum absolute atomic E-state index is 0.121. The number of nitrogens with one attached hydrogen (secondary N) is 1. The average molecular weight is 267 g/mol. The van der Waals surface area contributed by atoms with Crippen LogP contribution in [0.2, 0.25) is 5.02 Å². The summed E-state index contributed by atoms with van der Waals surface area (Å²) in [6.45, 7) is 4.41. The Balaban J connectivity index is 1.90. The van der Waals surface area contributed by atoms with Crippen LogP contribution in [0.3, 0.4) is 0 Å². The molecule has 1 atom stereocenters. The van der Waals surface area contributed by atoms with Crippen LogP contribution >= 0.6 is 11.6 Å². The Morgan fingerprint density at radius 1 is 1.39 bits per heavy atom. The molecule has 1 unspecified atom stereocenters. The van der Waals surface area contributed by atoms with Gasteiger partial charge in [-0.05, 0) is 23.6 Å². The van der Waals surface area contributed by atoms with E-state index >= 15 is 0 Å². The molecule has 1 aliphatic heterocycles. The van der Waals surface area contributed by atoms with E-state index in [-0.39, 0.29) is 11.8 Å². The molecule has 1 amide bonds. The lowest BCUT2D eigenvalue weighted by molar-refractivity contribution is -0.124. The summed E-state index contributed by atoms with van der Waals surface area (Å²) in [7, 11) is 0. The zero-order chi connectivity index (χ0) is 13.1. The Labute approximate surface area is 111 Å². The average Bonchev–Trinajstić information content (AvgIpc) is 2.70. The van der Waals surface area contributed by atoms with Crippen LogP contribution in [0.15, 0.2) is 29.3 Å². The predicted molar refractivity (Wildman–Crippen MR) is 70.4 cm³/mol. The fraction of sp³-hybridized carbons (Fsp3) is 0.385. The lowest BCUT2D eigenvalue weighted by Gasteiger charge is -2.13. The van der Waals surface area contributed by atoms with Crippen LogP contribution in [0.5, 0.6) is 0 Å². The molecule has 4 nitrogen and oxygen atoms in total. The maximum atomic E-state index is 11.5. The normalized spacial score (nSPS) is 18.8. The molecule has 1 heterocycles. The fourth-order valence-corrected chi connectivity index (χ4v) is 1.77. The van der Waals surface area contributed by atoms with Crippen LogP contribution in [0, 0.1) is 5.92 Å². The van der Waals surface area contributed by atoms with E-state index in [1.54, 1.807) is 0 Å². The number of halogens is 1. The summed E-state index contributed by atoms with van der Waals surface area (Å²) in [6, 6.07) is 7.75. The van der Waals surface area contributed by atoms with Crippen molar-refractivity contribution in [3.63, 3.8) is 0 Å². The molecule has 96 valence electrons. The maximum absolute atomic E-state index is 11.5. The Morgan fingerprint density at radius 3 is 2.61 bits per heavy atom.